The minimum absolute atomic E-state index is 0.0446. The summed E-state index contributed by atoms with van der Waals surface area (Å²) in [7, 11) is -1.01. The van der Waals surface area contributed by atoms with Crippen molar-refractivity contribution in [1.82, 2.24) is 5.32 Å². The predicted molar refractivity (Wildman–Crippen MR) is 97.2 cm³/mol. The Labute approximate surface area is 144 Å². The van der Waals surface area contributed by atoms with Gasteiger partial charge in [-0.25, -0.2) is 4.79 Å². The summed E-state index contributed by atoms with van der Waals surface area (Å²) in [4.78, 5) is 11.7. The average Bonchev–Trinajstić information content (AvgIpc) is 2.56. The summed E-state index contributed by atoms with van der Waals surface area (Å²) in [5.74, 6) is 0.955. The number of hydrogen-bond donors (Lipinski definition) is 3. The molecule has 0 aliphatic carbocycles. The number of hydrogen-bond acceptors (Lipinski definition) is 3. The van der Waals surface area contributed by atoms with E-state index in [2.05, 4.69) is 10.6 Å². The number of nitrogens with one attached hydrogen (secondary N) is 2. The molecule has 0 aliphatic rings. The van der Waals surface area contributed by atoms with Crippen LogP contribution in [0.15, 0.2) is 54.6 Å². The Morgan fingerprint density at radius 1 is 1.00 bits per heavy atom. The standard InChI is InChI=1S/C18H22N2O3S/c21-11-5-10-19-18(22)20-17-9-4-8-16(12-17)14-24(23)13-15-6-2-1-3-7-15/h1-4,6-9,12,21H,5,10-11,13-14H2,(H2,19,20,22)/t24-/m1/s1. The average molecular weight is 346 g/mol. The van der Waals surface area contributed by atoms with Crippen molar-refractivity contribution in [3.63, 3.8) is 0 Å². The van der Waals surface area contributed by atoms with E-state index in [0.29, 0.717) is 30.2 Å². The van der Waals surface area contributed by atoms with Crippen LogP contribution in [0.3, 0.4) is 0 Å². The van der Waals surface area contributed by atoms with Crippen molar-refractivity contribution in [3.05, 3.63) is 65.7 Å². The van der Waals surface area contributed by atoms with Gasteiger partial charge in [0, 0.05) is 41.1 Å². The SMILES string of the molecule is O=C(NCCCO)Nc1cccc(C[S@](=O)Cc2ccccc2)c1. The van der Waals surface area contributed by atoms with Crippen molar-refractivity contribution in [2.24, 2.45) is 0 Å². The Morgan fingerprint density at radius 2 is 1.71 bits per heavy atom. The molecule has 2 aromatic carbocycles. The molecule has 2 aromatic rings. The zero-order chi connectivity index (χ0) is 17.2. The summed E-state index contributed by atoms with van der Waals surface area (Å²) in [5.41, 5.74) is 2.62. The van der Waals surface area contributed by atoms with Crippen LogP contribution in [0.5, 0.6) is 0 Å². The molecule has 128 valence electrons. The zero-order valence-corrected chi connectivity index (χ0v) is 14.2. The molecule has 0 bridgehead atoms. The Bertz CT molecular complexity index is 677. The molecule has 0 saturated heterocycles. The minimum Gasteiger partial charge on any atom is -0.396 e. The number of aliphatic hydroxyl groups excluding tert-OH is 1. The van der Waals surface area contributed by atoms with Crippen molar-refractivity contribution < 1.29 is 14.1 Å². The van der Waals surface area contributed by atoms with Crippen molar-refractivity contribution in [2.45, 2.75) is 17.9 Å². The normalized spacial score (nSPS) is 11.7. The maximum Gasteiger partial charge on any atom is 0.319 e. The Balaban J connectivity index is 1.87. The van der Waals surface area contributed by atoms with E-state index >= 15 is 0 Å². The second-order valence-corrected chi connectivity index (χ2v) is 6.83. The van der Waals surface area contributed by atoms with E-state index in [1.165, 1.54) is 0 Å². The van der Waals surface area contributed by atoms with Gasteiger partial charge < -0.3 is 15.7 Å². The highest BCUT2D eigenvalue weighted by atomic mass is 32.2. The lowest BCUT2D eigenvalue weighted by Gasteiger charge is -2.09. The van der Waals surface area contributed by atoms with Gasteiger partial charge in [0.25, 0.3) is 0 Å². The lowest BCUT2D eigenvalue weighted by atomic mass is 10.2. The summed E-state index contributed by atoms with van der Waals surface area (Å²) in [6.07, 6.45) is 0.520. The van der Waals surface area contributed by atoms with E-state index in [4.69, 9.17) is 5.11 Å². The van der Waals surface area contributed by atoms with Crippen LogP contribution in [0.25, 0.3) is 0 Å². The fourth-order valence-corrected chi connectivity index (χ4v) is 3.41. The second kappa shape index (κ2) is 9.85. The first-order valence-corrected chi connectivity index (χ1v) is 9.30. The van der Waals surface area contributed by atoms with Gasteiger partial charge in [0.05, 0.1) is 0 Å². The lowest BCUT2D eigenvalue weighted by molar-refractivity contribution is 0.249. The lowest BCUT2D eigenvalue weighted by Crippen LogP contribution is -2.29. The van der Waals surface area contributed by atoms with Crippen LogP contribution in [0, 0.1) is 0 Å². The number of aliphatic hydroxyl groups is 1. The van der Waals surface area contributed by atoms with E-state index in [-0.39, 0.29) is 12.6 Å². The topological polar surface area (TPSA) is 78.4 Å². The predicted octanol–water partition coefficient (Wildman–Crippen LogP) is 2.64. The fourth-order valence-electron chi connectivity index (χ4n) is 2.19. The van der Waals surface area contributed by atoms with E-state index in [1.807, 2.05) is 48.5 Å². The van der Waals surface area contributed by atoms with Gasteiger partial charge in [0.2, 0.25) is 0 Å². The molecule has 0 spiro atoms. The van der Waals surface area contributed by atoms with Crippen LogP contribution < -0.4 is 10.6 Å². The Kier molecular flexibility index (Phi) is 7.45. The van der Waals surface area contributed by atoms with Crippen LogP contribution in [-0.2, 0) is 22.3 Å². The number of benzene rings is 2. The molecule has 0 fully saturated rings. The molecule has 0 unspecified atom stereocenters. The smallest absolute Gasteiger partial charge is 0.319 e. The van der Waals surface area contributed by atoms with Gasteiger partial charge in [-0.2, -0.15) is 0 Å². The van der Waals surface area contributed by atoms with E-state index in [0.717, 1.165) is 11.1 Å². The monoisotopic (exact) mass is 346 g/mol. The number of carbonyl (C=O) groups is 1. The Hall–Kier alpha value is -2.18. The number of carbonyl (C=O) groups excluding carboxylic acids is 1. The molecule has 0 heterocycles. The van der Waals surface area contributed by atoms with E-state index < -0.39 is 10.8 Å². The molecule has 3 N–H and O–H groups in total. The molecule has 6 heteroatoms. The van der Waals surface area contributed by atoms with Gasteiger partial charge in [-0.1, -0.05) is 42.5 Å². The Morgan fingerprint density at radius 3 is 2.46 bits per heavy atom. The maximum atomic E-state index is 12.3. The summed E-state index contributed by atoms with van der Waals surface area (Å²) in [6, 6.07) is 16.8. The quantitative estimate of drug-likeness (QED) is 0.643. The molecule has 5 nitrogen and oxygen atoms in total. The van der Waals surface area contributed by atoms with Crippen LogP contribution >= 0.6 is 0 Å². The third kappa shape index (κ3) is 6.52. The third-order valence-electron chi connectivity index (χ3n) is 3.30. The molecule has 2 rings (SSSR count). The van der Waals surface area contributed by atoms with Crippen molar-refractivity contribution >= 4 is 22.5 Å². The molecule has 0 radical (unpaired) electrons. The second-order valence-electron chi connectivity index (χ2n) is 5.37. The van der Waals surface area contributed by atoms with Crippen molar-refractivity contribution in [2.75, 3.05) is 18.5 Å². The minimum atomic E-state index is -1.01. The van der Waals surface area contributed by atoms with Gasteiger partial charge in [0.15, 0.2) is 0 Å². The largest absolute Gasteiger partial charge is 0.396 e. The number of rotatable bonds is 8. The molecule has 0 aliphatic heterocycles. The highest BCUT2D eigenvalue weighted by Gasteiger charge is 2.06. The van der Waals surface area contributed by atoms with Gasteiger partial charge in [-0.15, -0.1) is 0 Å². The first kappa shape index (κ1) is 18.2. The van der Waals surface area contributed by atoms with Gasteiger partial charge >= 0.3 is 6.03 Å². The zero-order valence-electron chi connectivity index (χ0n) is 13.4. The molecule has 0 saturated carbocycles. The number of amides is 2. The molecule has 1 atom stereocenters. The van der Waals surface area contributed by atoms with Crippen molar-refractivity contribution in [1.29, 1.82) is 0 Å². The number of urea groups is 1. The van der Waals surface area contributed by atoms with Crippen molar-refractivity contribution in [3.8, 4) is 0 Å². The molecular formula is C18H22N2O3S. The summed E-state index contributed by atoms with van der Waals surface area (Å²) in [6.45, 7) is 0.464. The molecule has 24 heavy (non-hydrogen) atoms. The van der Waals surface area contributed by atoms with Crippen LogP contribution in [0.1, 0.15) is 17.5 Å². The van der Waals surface area contributed by atoms with Crippen LogP contribution in [0.4, 0.5) is 10.5 Å². The van der Waals surface area contributed by atoms with Crippen LogP contribution in [-0.4, -0.2) is 28.5 Å². The first-order chi connectivity index (χ1) is 11.7. The summed E-state index contributed by atoms with van der Waals surface area (Å²) >= 11 is 0. The number of anilines is 1. The molecular weight excluding hydrogens is 324 g/mol. The first-order valence-electron chi connectivity index (χ1n) is 7.81. The maximum absolute atomic E-state index is 12.3. The summed E-state index contributed by atoms with van der Waals surface area (Å²) in [5, 5.41) is 14.1. The molecule has 2 amide bonds. The van der Waals surface area contributed by atoms with Gasteiger partial charge in [-0.05, 0) is 29.7 Å². The van der Waals surface area contributed by atoms with E-state index in [9.17, 15) is 9.00 Å². The van der Waals surface area contributed by atoms with Gasteiger partial charge in [-0.3, -0.25) is 4.21 Å². The highest BCUT2D eigenvalue weighted by Crippen LogP contribution is 2.14. The van der Waals surface area contributed by atoms with E-state index in [1.54, 1.807) is 6.07 Å². The fraction of sp³-hybridized carbons (Fsp3) is 0.278. The van der Waals surface area contributed by atoms with Crippen LogP contribution in [0.2, 0.25) is 0 Å². The summed E-state index contributed by atoms with van der Waals surface area (Å²) < 4.78 is 12.3. The third-order valence-corrected chi connectivity index (χ3v) is 4.61. The molecule has 0 aromatic heterocycles. The highest BCUT2D eigenvalue weighted by molar-refractivity contribution is 7.83. The van der Waals surface area contributed by atoms with Gasteiger partial charge in [0.1, 0.15) is 0 Å².